The van der Waals surface area contributed by atoms with E-state index in [-0.39, 0.29) is 23.8 Å². The highest BCUT2D eigenvalue weighted by atomic mass is 35.5. The molecule has 10 heteroatoms. The van der Waals surface area contributed by atoms with E-state index in [0.29, 0.717) is 28.5 Å². The molecule has 156 valence electrons. The molecule has 0 spiro atoms. The van der Waals surface area contributed by atoms with Gasteiger partial charge in [-0.3, -0.25) is 0 Å². The zero-order chi connectivity index (χ0) is 21.2. The summed E-state index contributed by atoms with van der Waals surface area (Å²) in [6.07, 6.45) is 3.51. The molecule has 0 aliphatic heterocycles. The number of pyridine rings is 2. The molecular weight excluding hydrogens is 414 g/mol. The molecule has 2 aromatic rings. The van der Waals surface area contributed by atoms with Gasteiger partial charge in [-0.25, -0.2) is 18.4 Å². The molecule has 0 saturated heterocycles. The van der Waals surface area contributed by atoms with Crippen LogP contribution in [0, 0.1) is 5.92 Å². The second kappa shape index (κ2) is 8.73. The molecule has 0 N–H and O–H groups in total. The maximum Gasteiger partial charge on any atom is 0.223 e. The predicted octanol–water partition coefficient (Wildman–Crippen LogP) is 5.03. The van der Waals surface area contributed by atoms with Crippen molar-refractivity contribution < 1.29 is 13.2 Å². The van der Waals surface area contributed by atoms with E-state index in [0.717, 1.165) is 18.2 Å². The summed E-state index contributed by atoms with van der Waals surface area (Å²) in [7, 11) is -3.15. The maximum absolute atomic E-state index is 12.1. The summed E-state index contributed by atoms with van der Waals surface area (Å²) in [5.41, 5.74) is 9.58. The first-order chi connectivity index (χ1) is 13.7. The smallest absolute Gasteiger partial charge is 0.223 e. The van der Waals surface area contributed by atoms with Crippen molar-refractivity contribution in [2.45, 2.75) is 57.4 Å². The van der Waals surface area contributed by atoms with Gasteiger partial charge in [-0.1, -0.05) is 23.6 Å². The van der Waals surface area contributed by atoms with Gasteiger partial charge in [0.2, 0.25) is 5.88 Å². The number of nitrogens with zero attached hydrogens (tertiary/aromatic N) is 5. The first-order valence-electron chi connectivity index (χ1n) is 9.63. The van der Waals surface area contributed by atoms with E-state index >= 15 is 0 Å². The van der Waals surface area contributed by atoms with E-state index < -0.39 is 15.1 Å². The lowest BCUT2D eigenvalue weighted by atomic mass is 10.1. The van der Waals surface area contributed by atoms with Crippen LogP contribution in [0.3, 0.4) is 0 Å². The Morgan fingerprint density at radius 2 is 2.10 bits per heavy atom. The van der Waals surface area contributed by atoms with E-state index in [4.69, 9.17) is 21.9 Å². The van der Waals surface area contributed by atoms with Crippen molar-refractivity contribution in [3.8, 4) is 5.88 Å². The zero-order valence-electron chi connectivity index (χ0n) is 16.6. The quantitative estimate of drug-likeness (QED) is 0.236. The minimum absolute atomic E-state index is 0.0925. The van der Waals surface area contributed by atoms with Crippen molar-refractivity contribution in [1.82, 2.24) is 9.97 Å². The monoisotopic (exact) mass is 437 g/mol. The topological polar surface area (TPSA) is 118 Å². The van der Waals surface area contributed by atoms with Gasteiger partial charge in [0.15, 0.2) is 9.84 Å². The van der Waals surface area contributed by atoms with Crippen LogP contribution in [0.4, 0.5) is 0 Å². The maximum atomic E-state index is 12.1. The minimum Gasteiger partial charge on any atom is -0.474 e. The van der Waals surface area contributed by atoms with Gasteiger partial charge in [0.1, 0.15) is 5.15 Å². The normalized spacial score (nSPS) is 17.4. The number of hydrogen-bond donors (Lipinski definition) is 0. The number of ether oxygens (including phenoxy) is 1. The average Bonchev–Trinajstić information content (AvgIpc) is 3.50. The lowest BCUT2D eigenvalue weighted by Crippen LogP contribution is -2.27. The number of fused-ring (bicyclic) bond motifs is 1. The molecule has 1 fully saturated rings. The Hall–Kier alpha value is -2.09. The summed E-state index contributed by atoms with van der Waals surface area (Å²) in [6.45, 7) is 5.14. The second-order valence-electron chi connectivity index (χ2n) is 7.49. The fourth-order valence-corrected chi connectivity index (χ4v) is 4.65. The van der Waals surface area contributed by atoms with Crippen LogP contribution in [-0.4, -0.2) is 35.5 Å². The summed E-state index contributed by atoms with van der Waals surface area (Å²) in [4.78, 5) is 11.7. The molecule has 0 radical (unpaired) electrons. The van der Waals surface area contributed by atoms with Crippen LogP contribution < -0.4 is 4.74 Å². The van der Waals surface area contributed by atoms with Gasteiger partial charge in [-0.05, 0) is 55.7 Å². The number of rotatable bonds is 9. The van der Waals surface area contributed by atoms with Crippen molar-refractivity contribution in [1.29, 1.82) is 0 Å². The average molecular weight is 438 g/mol. The molecule has 29 heavy (non-hydrogen) atoms. The molecule has 0 amide bonds. The number of hydrogen-bond acceptors (Lipinski definition) is 6. The molecule has 0 unspecified atom stereocenters. The third-order valence-electron chi connectivity index (χ3n) is 5.21. The van der Waals surface area contributed by atoms with E-state index in [1.165, 1.54) is 0 Å². The van der Waals surface area contributed by atoms with Gasteiger partial charge in [0.05, 0.1) is 28.5 Å². The van der Waals surface area contributed by atoms with Crippen LogP contribution in [0.5, 0.6) is 5.88 Å². The van der Waals surface area contributed by atoms with Gasteiger partial charge in [0.25, 0.3) is 0 Å². The Balaban J connectivity index is 1.96. The highest BCUT2D eigenvalue weighted by Gasteiger charge is 2.33. The van der Waals surface area contributed by atoms with Crippen molar-refractivity contribution in [2.24, 2.45) is 11.0 Å². The van der Waals surface area contributed by atoms with Crippen molar-refractivity contribution in [3.05, 3.63) is 39.6 Å². The molecule has 8 nitrogen and oxygen atoms in total. The molecule has 1 saturated carbocycles. The Kier molecular flexibility index (Phi) is 6.51. The molecule has 0 bridgehead atoms. The summed E-state index contributed by atoms with van der Waals surface area (Å²) in [5, 5.41) is 5.20. The fraction of sp³-hybridized carbons (Fsp3) is 0.579. The lowest BCUT2D eigenvalue weighted by Gasteiger charge is -2.20. The molecule has 0 aromatic carbocycles. The molecule has 1 aliphatic carbocycles. The highest BCUT2D eigenvalue weighted by Crippen LogP contribution is 2.44. The van der Waals surface area contributed by atoms with Crippen molar-refractivity contribution in [2.75, 3.05) is 5.75 Å². The van der Waals surface area contributed by atoms with Crippen LogP contribution in [-0.2, 0) is 9.84 Å². The van der Waals surface area contributed by atoms with E-state index in [1.54, 1.807) is 26.1 Å². The highest BCUT2D eigenvalue weighted by molar-refractivity contribution is 7.91. The number of azide groups is 1. The Morgan fingerprint density at radius 3 is 2.72 bits per heavy atom. The molecule has 1 aliphatic rings. The molecule has 2 aromatic heterocycles. The van der Waals surface area contributed by atoms with Crippen LogP contribution in [0.2, 0.25) is 5.15 Å². The van der Waals surface area contributed by atoms with Crippen LogP contribution in [0.25, 0.3) is 21.2 Å². The predicted molar refractivity (Wildman–Crippen MR) is 113 cm³/mol. The van der Waals surface area contributed by atoms with Crippen molar-refractivity contribution in [3.63, 3.8) is 0 Å². The standard InChI is InChI=1S/C19H24ClN5O3S/c1-4-29(26,27)12(3)7-11(2)28-19-15-10-22-17(20)9-14(15)8-16(23-19)18(24-25-21)13-5-6-13/h8-13,18H,4-7H2,1-3H3/t11-,12-,18-/m1/s1. The summed E-state index contributed by atoms with van der Waals surface area (Å²) in [5.74, 6) is 0.706. The van der Waals surface area contributed by atoms with Gasteiger partial charge < -0.3 is 4.74 Å². The van der Waals surface area contributed by atoms with E-state index in [9.17, 15) is 8.42 Å². The first-order valence-corrected chi connectivity index (χ1v) is 11.7. The summed E-state index contributed by atoms with van der Waals surface area (Å²) in [6, 6.07) is 3.19. The SMILES string of the molecule is CCS(=O)(=O)[C@H](C)C[C@@H](C)Oc1nc([C@H](N=[N+]=[N-])C2CC2)cc2cc(Cl)ncc12. The summed E-state index contributed by atoms with van der Waals surface area (Å²) >= 11 is 6.06. The van der Waals surface area contributed by atoms with E-state index in [1.807, 2.05) is 13.0 Å². The fourth-order valence-electron chi connectivity index (χ4n) is 3.35. The summed E-state index contributed by atoms with van der Waals surface area (Å²) < 4.78 is 30.2. The van der Waals surface area contributed by atoms with Gasteiger partial charge in [-0.2, -0.15) is 0 Å². The number of sulfone groups is 1. The Morgan fingerprint density at radius 1 is 1.38 bits per heavy atom. The Bertz CT molecular complexity index is 1050. The molecule has 3 atom stereocenters. The number of halogens is 1. The van der Waals surface area contributed by atoms with Crippen molar-refractivity contribution >= 4 is 32.2 Å². The third-order valence-corrected chi connectivity index (χ3v) is 7.64. The third kappa shape index (κ3) is 5.10. The molecule has 2 heterocycles. The zero-order valence-corrected chi connectivity index (χ0v) is 18.2. The lowest BCUT2D eigenvalue weighted by molar-refractivity contribution is 0.204. The van der Waals surface area contributed by atoms with Crippen LogP contribution in [0.15, 0.2) is 23.4 Å². The van der Waals surface area contributed by atoms with Gasteiger partial charge >= 0.3 is 0 Å². The Labute approximate surface area is 175 Å². The van der Waals surface area contributed by atoms with Crippen LogP contribution in [0.1, 0.15) is 51.8 Å². The van der Waals surface area contributed by atoms with Gasteiger partial charge in [-0.15, -0.1) is 0 Å². The largest absolute Gasteiger partial charge is 0.474 e. The number of aromatic nitrogens is 2. The minimum atomic E-state index is -3.15. The molecule has 3 rings (SSSR count). The van der Waals surface area contributed by atoms with E-state index in [2.05, 4.69) is 20.0 Å². The molecular formula is C19H24ClN5O3S. The first kappa shape index (κ1) is 21.6. The van der Waals surface area contributed by atoms with Crippen LogP contribution >= 0.6 is 11.6 Å². The second-order valence-corrected chi connectivity index (χ2v) is 10.6. The van der Waals surface area contributed by atoms with Gasteiger partial charge in [0, 0.05) is 23.3 Å².